The van der Waals surface area contributed by atoms with Crippen molar-refractivity contribution in [1.29, 1.82) is 0 Å². The summed E-state index contributed by atoms with van der Waals surface area (Å²) in [6.45, 7) is 0. The molecule has 1 amide bonds. The first-order valence-electron chi connectivity index (χ1n) is 6.09. The number of pyridine rings is 1. The molecule has 2 aromatic heterocycles. The van der Waals surface area contributed by atoms with Gasteiger partial charge in [-0.1, -0.05) is 6.07 Å². The monoisotopic (exact) mass is 255 g/mol. The summed E-state index contributed by atoms with van der Waals surface area (Å²) in [5.41, 5.74) is 6.74. The van der Waals surface area contributed by atoms with Crippen LogP contribution in [0.15, 0.2) is 30.6 Å². The molecule has 0 saturated heterocycles. The first-order valence-corrected chi connectivity index (χ1v) is 6.09. The Hall–Kier alpha value is -2.50. The van der Waals surface area contributed by atoms with Crippen molar-refractivity contribution in [2.45, 2.75) is 18.8 Å². The molecule has 96 valence electrons. The van der Waals surface area contributed by atoms with Crippen molar-refractivity contribution in [2.24, 2.45) is 0 Å². The predicted molar refractivity (Wildman–Crippen MR) is 70.6 cm³/mol. The lowest BCUT2D eigenvalue weighted by Gasteiger charge is -2.06. The van der Waals surface area contributed by atoms with E-state index >= 15 is 0 Å². The van der Waals surface area contributed by atoms with E-state index < -0.39 is 5.91 Å². The largest absolute Gasteiger partial charge is 0.382 e. The Morgan fingerprint density at radius 2 is 2.05 bits per heavy atom. The fourth-order valence-electron chi connectivity index (χ4n) is 1.83. The second-order valence-electron chi connectivity index (χ2n) is 4.47. The zero-order valence-corrected chi connectivity index (χ0v) is 10.2. The zero-order valence-electron chi connectivity index (χ0n) is 10.2. The van der Waals surface area contributed by atoms with Gasteiger partial charge in [0.2, 0.25) is 0 Å². The second-order valence-corrected chi connectivity index (χ2v) is 4.47. The van der Waals surface area contributed by atoms with Crippen LogP contribution in [-0.4, -0.2) is 20.9 Å². The van der Waals surface area contributed by atoms with Crippen LogP contribution in [0.4, 0.5) is 11.6 Å². The van der Waals surface area contributed by atoms with Crippen molar-refractivity contribution in [2.75, 3.05) is 11.1 Å². The molecule has 3 N–H and O–H groups in total. The smallest absolute Gasteiger partial charge is 0.279 e. The molecule has 2 aromatic rings. The van der Waals surface area contributed by atoms with Crippen LogP contribution in [0.1, 0.15) is 34.9 Å². The first-order chi connectivity index (χ1) is 9.24. The van der Waals surface area contributed by atoms with E-state index in [0.29, 0.717) is 11.7 Å². The molecule has 1 saturated carbocycles. The number of carbonyl (C=O) groups excluding carboxylic acids is 1. The summed E-state index contributed by atoms with van der Waals surface area (Å²) in [5, 5.41) is 2.69. The fourth-order valence-corrected chi connectivity index (χ4v) is 1.83. The summed E-state index contributed by atoms with van der Waals surface area (Å²) in [5.74, 6) is 0.766. The summed E-state index contributed by atoms with van der Waals surface area (Å²) in [6, 6.07) is 5.61. The third-order valence-electron chi connectivity index (χ3n) is 2.95. The molecule has 19 heavy (non-hydrogen) atoms. The zero-order chi connectivity index (χ0) is 13.2. The van der Waals surface area contributed by atoms with Gasteiger partial charge >= 0.3 is 0 Å². The predicted octanol–water partition coefficient (Wildman–Crippen LogP) is 1.58. The van der Waals surface area contributed by atoms with Gasteiger partial charge in [0.25, 0.3) is 5.91 Å². The Labute approximate surface area is 110 Å². The lowest BCUT2D eigenvalue weighted by atomic mass is 10.2. The maximum Gasteiger partial charge on any atom is 0.279 e. The van der Waals surface area contributed by atoms with Gasteiger partial charge in [-0.05, 0) is 25.0 Å². The summed E-state index contributed by atoms with van der Waals surface area (Å²) in [7, 11) is 0. The number of carbonyl (C=O) groups is 1. The minimum absolute atomic E-state index is 0.110. The average molecular weight is 255 g/mol. The molecule has 0 aromatic carbocycles. The molecular weight excluding hydrogens is 242 g/mol. The van der Waals surface area contributed by atoms with Gasteiger partial charge in [0, 0.05) is 24.0 Å². The van der Waals surface area contributed by atoms with Crippen LogP contribution in [-0.2, 0) is 0 Å². The van der Waals surface area contributed by atoms with Crippen LogP contribution in [0.5, 0.6) is 0 Å². The molecule has 0 atom stereocenters. The number of amides is 1. The molecule has 1 fully saturated rings. The topological polar surface area (TPSA) is 93.8 Å². The summed E-state index contributed by atoms with van der Waals surface area (Å²) < 4.78 is 0. The quantitative estimate of drug-likeness (QED) is 0.868. The Morgan fingerprint density at radius 1 is 1.26 bits per heavy atom. The number of nitrogens with one attached hydrogen (secondary N) is 1. The highest BCUT2D eigenvalue weighted by Crippen LogP contribution is 2.39. The van der Waals surface area contributed by atoms with E-state index in [1.807, 2.05) is 12.1 Å². The van der Waals surface area contributed by atoms with E-state index in [9.17, 15) is 4.79 Å². The van der Waals surface area contributed by atoms with Crippen molar-refractivity contribution in [3.05, 3.63) is 42.0 Å². The molecule has 2 heterocycles. The Kier molecular flexibility index (Phi) is 2.83. The molecule has 0 spiro atoms. The van der Waals surface area contributed by atoms with Gasteiger partial charge in [0.05, 0.1) is 0 Å². The number of nitrogen functional groups attached to an aromatic ring is 1. The number of rotatable bonds is 3. The van der Waals surface area contributed by atoms with E-state index in [1.54, 1.807) is 6.07 Å². The molecule has 0 unspecified atom stereocenters. The number of hydrogen-bond donors (Lipinski definition) is 2. The Morgan fingerprint density at radius 3 is 2.79 bits per heavy atom. The van der Waals surface area contributed by atoms with Gasteiger partial charge < -0.3 is 11.1 Å². The van der Waals surface area contributed by atoms with Crippen molar-refractivity contribution in [1.82, 2.24) is 15.0 Å². The lowest BCUT2D eigenvalue weighted by Crippen LogP contribution is -2.17. The van der Waals surface area contributed by atoms with Gasteiger partial charge in [-0.2, -0.15) is 0 Å². The average Bonchev–Trinajstić information content (AvgIpc) is 3.24. The number of nitrogens with two attached hydrogens (primary N) is 1. The first kappa shape index (κ1) is 11.6. The van der Waals surface area contributed by atoms with Crippen LogP contribution in [0.25, 0.3) is 0 Å². The highest BCUT2D eigenvalue weighted by molar-refractivity contribution is 6.05. The van der Waals surface area contributed by atoms with Gasteiger partial charge in [-0.3, -0.25) is 4.79 Å². The van der Waals surface area contributed by atoms with Gasteiger partial charge in [-0.15, -0.1) is 0 Å². The van der Waals surface area contributed by atoms with E-state index in [4.69, 9.17) is 5.73 Å². The molecule has 1 aliphatic rings. The van der Waals surface area contributed by atoms with Crippen LogP contribution in [0, 0.1) is 0 Å². The molecule has 0 bridgehead atoms. The van der Waals surface area contributed by atoms with Crippen molar-refractivity contribution in [3.63, 3.8) is 0 Å². The summed E-state index contributed by atoms with van der Waals surface area (Å²) in [6.07, 6.45) is 5.21. The lowest BCUT2D eigenvalue weighted by molar-refractivity contribution is 0.102. The van der Waals surface area contributed by atoms with Crippen LogP contribution in [0.3, 0.4) is 0 Å². The molecule has 6 nitrogen and oxygen atoms in total. The Balaban J connectivity index is 1.79. The van der Waals surface area contributed by atoms with Crippen LogP contribution in [0.2, 0.25) is 0 Å². The fraction of sp³-hybridized carbons (Fsp3) is 0.231. The number of nitrogens with zero attached hydrogens (tertiary/aromatic N) is 3. The molecule has 3 rings (SSSR count). The van der Waals surface area contributed by atoms with Crippen molar-refractivity contribution in [3.8, 4) is 0 Å². The van der Waals surface area contributed by atoms with Gasteiger partial charge in [0.1, 0.15) is 5.82 Å². The highest BCUT2D eigenvalue weighted by Gasteiger charge is 2.25. The number of anilines is 2. The third-order valence-corrected chi connectivity index (χ3v) is 2.95. The SMILES string of the molecule is Nc1nccnc1C(=O)Nc1cccc(C2CC2)n1. The minimum atomic E-state index is -0.397. The van der Waals surface area contributed by atoms with E-state index in [1.165, 1.54) is 25.2 Å². The highest BCUT2D eigenvalue weighted by atomic mass is 16.2. The minimum Gasteiger partial charge on any atom is -0.382 e. The number of aromatic nitrogens is 3. The molecule has 0 aliphatic heterocycles. The Bertz CT molecular complexity index is 624. The number of hydrogen-bond acceptors (Lipinski definition) is 5. The molecule has 0 radical (unpaired) electrons. The van der Waals surface area contributed by atoms with Gasteiger partial charge in [-0.25, -0.2) is 15.0 Å². The molecule has 6 heteroatoms. The summed E-state index contributed by atoms with van der Waals surface area (Å²) >= 11 is 0. The maximum atomic E-state index is 12.0. The van der Waals surface area contributed by atoms with E-state index in [0.717, 1.165) is 5.69 Å². The maximum absolute atomic E-state index is 12.0. The standard InChI is InChI=1S/C13H13N5O/c14-12-11(15-6-7-16-12)13(19)18-10-3-1-2-9(17-10)8-4-5-8/h1-3,6-8H,4-5H2,(H2,14,16)(H,17,18,19). The third kappa shape index (κ3) is 2.52. The normalized spacial score (nSPS) is 14.1. The molecule has 1 aliphatic carbocycles. The molecular formula is C13H13N5O. The van der Waals surface area contributed by atoms with Crippen LogP contribution >= 0.6 is 0 Å². The summed E-state index contributed by atoms with van der Waals surface area (Å²) in [4.78, 5) is 24.2. The van der Waals surface area contributed by atoms with Gasteiger partial charge in [0.15, 0.2) is 11.5 Å². The van der Waals surface area contributed by atoms with E-state index in [2.05, 4.69) is 20.3 Å². The van der Waals surface area contributed by atoms with Crippen molar-refractivity contribution < 1.29 is 4.79 Å². The van der Waals surface area contributed by atoms with Crippen LogP contribution < -0.4 is 11.1 Å². The second kappa shape index (κ2) is 4.64. The van der Waals surface area contributed by atoms with E-state index in [-0.39, 0.29) is 11.5 Å². The van der Waals surface area contributed by atoms with Crippen molar-refractivity contribution >= 4 is 17.5 Å².